The van der Waals surface area contributed by atoms with Crippen molar-refractivity contribution in [2.24, 2.45) is 7.05 Å². The highest BCUT2D eigenvalue weighted by atomic mass is 19.4. The predicted molar refractivity (Wildman–Crippen MR) is 106 cm³/mol. The molecule has 0 aliphatic rings. The molecule has 0 unspecified atom stereocenters. The summed E-state index contributed by atoms with van der Waals surface area (Å²) in [6.45, 7) is 0.00130. The molecule has 4 aromatic rings. The number of nitrogens with zero attached hydrogens (tertiary/aromatic N) is 3. The van der Waals surface area contributed by atoms with Crippen molar-refractivity contribution in [3.8, 4) is 28.4 Å². The van der Waals surface area contributed by atoms with Gasteiger partial charge in [-0.25, -0.2) is 13.8 Å². The van der Waals surface area contributed by atoms with Crippen molar-refractivity contribution in [1.29, 1.82) is 0 Å². The Balaban J connectivity index is 1.69. The van der Waals surface area contributed by atoms with Crippen LogP contribution in [0.2, 0.25) is 0 Å². The van der Waals surface area contributed by atoms with E-state index in [9.17, 15) is 22.0 Å². The third-order valence-corrected chi connectivity index (χ3v) is 4.76. The van der Waals surface area contributed by atoms with E-state index in [-0.39, 0.29) is 41.6 Å². The van der Waals surface area contributed by atoms with E-state index in [2.05, 4.69) is 15.1 Å². The topological polar surface area (TPSA) is 76.0 Å². The summed E-state index contributed by atoms with van der Waals surface area (Å²) in [7, 11) is 1.37. The number of aliphatic hydroxyl groups excluding tert-OH is 1. The number of aromatic amines is 1. The second-order valence-electron chi connectivity index (χ2n) is 7.04. The zero-order chi connectivity index (χ0) is 23.0. The van der Waals surface area contributed by atoms with E-state index in [1.807, 2.05) is 0 Å². The molecule has 0 saturated carbocycles. The first kappa shape index (κ1) is 21.8. The van der Waals surface area contributed by atoms with E-state index < -0.39 is 23.5 Å². The number of rotatable bonds is 6. The van der Waals surface area contributed by atoms with Crippen LogP contribution in [-0.4, -0.2) is 38.1 Å². The average molecular weight is 452 g/mol. The largest absolute Gasteiger partial charge is 0.493 e. The molecular weight excluding hydrogens is 435 g/mol. The normalized spacial score (nSPS) is 12.0. The van der Waals surface area contributed by atoms with Crippen LogP contribution in [0, 0.1) is 11.6 Å². The quantitative estimate of drug-likeness (QED) is 0.329. The van der Waals surface area contributed by atoms with Gasteiger partial charge >= 0.3 is 6.18 Å². The fourth-order valence-corrected chi connectivity index (χ4v) is 3.28. The molecule has 1 aromatic carbocycles. The van der Waals surface area contributed by atoms with Crippen LogP contribution < -0.4 is 4.74 Å². The number of aryl methyl sites for hydroxylation is 1. The van der Waals surface area contributed by atoms with E-state index in [4.69, 9.17) is 9.84 Å². The molecule has 3 aromatic heterocycles. The lowest BCUT2D eigenvalue weighted by Crippen LogP contribution is -2.06. The van der Waals surface area contributed by atoms with Gasteiger partial charge in [0.25, 0.3) is 0 Å². The zero-order valence-electron chi connectivity index (χ0n) is 16.7. The number of alkyl halides is 3. The third-order valence-electron chi connectivity index (χ3n) is 4.76. The SMILES string of the molecule is Cn1nc(C(F)(F)F)cc1-c1ccc2[nH]c(-c3c(F)cc(OCCCO)cc3F)cc2n1. The van der Waals surface area contributed by atoms with Crippen molar-refractivity contribution in [3.05, 3.63) is 53.7 Å². The molecule has 2 N–H and O–H groups in total. The van der Waals surface area contributed by atoms with Crippen LogP contribution in [-0.2, 0) is 13.2 Å². The van der Waals surface area contributed by atoms with Crippen LogP contribution in [0.3, 0.4) is 0 Å². The first-order valence-corrected chi connectivity index (χ1v) is 9.52. The van der Waals surface area contributed by atoms with Crippen LogP contribution in [0.25, 0.3) is 33.7 Å². The van der Waals surface area contributed by atoms with Gasteiger partial charge in [0.2, 0.25) is 0 Å². The molecule has 0 fully saturated rings. The lowest BCUT2D eigenvalue weighted by atomic mass is 10.1. The molecule has 0 saturated heterocycles. The number of hydrogen-bond donors (Lipinski definition) is 2. The summed E-state index contributed by atoms with van der Waals surface area (Å²) < 4.78 is 74.3. The summed E-state index contributed by atoms with van der Waals surface area (Å²) in [6, 6.07) is 7.42. The van der Waals surface area contributed by atoms with E-state index in [1.165, 1.54) is 19.2 Å². The van der Waals surface area contributed by atoms with E-state index in [1.54, 1.807) is 6.07 Å². The minimum Gasteiger partial charge on any atom is -0.493 e. The highest BCUT2D eigenvalue weighted by Crippen LogP contribution is 2.33. The maximum Gasteiger partial charge on any atom is 0.435 e. The second kappa shape index (κ2) is 8.23. The smallest absolute Gasteiger partial charge is 0.435 e. The van der Waals surface area contributed by atoms with Crippen molar-refractivity contribution in [2.75, 3.05) is 13.2 Å². The van der Waals surface area contributed by atoms with Crippen LogP contribution >= 0.6 is 0 Å². The number of fused-ring (bicyclic) bond motifs is 1. The Morgan fingerprint density at radius 3 is 2.44 bits per heavy atom. The summed E-state index contributed by atoms with van der Waals surface area (Å²) in [4.78, 5) is 7.19. The van der Waals surface area contributed by atoms with Gasteiger partial charge in [0.15, 0.2) is 5.69 Å². The van der Waals surface area contributed by atoms with Crippen molar-refractivity contribution in [1.82, 2.24) is 19.7 Å². The molecule has 0 bridgehead atoms. The van der Waals surface area contributed by atoms with Crippen molar-refractivity contribution < 1.29 is 31.8 Å². The lowest BCUT2D eigenvalue weighted by molar-refractivity contribution is -0.141. The van der Waals surface area contributed by atoms with Gasteiger partial charge in [-0.2, -0.15) is 18.3 Å². The summed E-state index contributed by atoms with van der Waals surface area (Å²) in [6.07, 6.45) is -4.27. The Kier molecular flexibility index (Phi) is 5.59. The molecule has 3 heterocycles. The predicted octanol–water partition coefficient (Wildman–Crippen LogP) is 4.69. The summed E-state index contributed by atoms with van der Waals surface area (Å²) in [5, 5.41) is 12.2. The molecule has 0 aliphatic carbocycles. The fourth-order valence-electron chi connectivity index (χ4n) is 3.28. The molecule has 0 radical (unpaired) electrons. The molecule has 168 valence electrons. The highest BCUT2D eigenvalue weighted by molar-refractivity contribution is 5.84. The van der Waals surface area contributed by atoms with Gasteiger partial charge in [-0.15, -0.1) is 0 Å². The van der Waals surface area contributed by atoms with Gasteiger partial charge in [0.1, 0.15) is 17.4 Å². The number of nitrogens with one attached hydrogen (secondary N) is 1. The highest BCUT2D eigenvalue weighted by Gasteiger charge is 2.34. The summed E-state index contributed by atoms with van der Waals surface area (Å²) in [5.41, 5.74) is -0.122. The minimum atomic E-state index is -4.59. The van der Waals surface area contributed by atoms with E-state index in [0.717, 1.165) is 22.9 Å². The lowest BCUT2D eigenvalue weighted by Gasteiger charge is -2.08. The Morgan fingerprint density at radius 1 is 1.09 bits per heavy atom. The Labute approximate surface area is 178 Å². The number of halogens is 5. The van der Waals surface area contributed by atoms with Crippen molar-refractivity contribution in [2.45, 2.75) is 12.6 Å². The second-order valence-corrected chi connectivity index (χ2v) is 7.04. The maximum atomic E-state index is 14.6. The first-order valence-electron chi connectivity index (χ1n) is 9.52. The molecule has 4 rings (SSSR count). The third kappa shape index (κ3) is 4.15. The fraction of sp³-hybridized carbons (Fsp3) is 0.238. The number of benzene rings is 1. The molecule has 11 heteroatoms. The molecule has 0 spiro atoms. The van der Waals surface area contributed by atoms with E-state index in [0.29, 0.717) is 17.5 Å². The summed E-state index contributed by atoms with van der Waals surface area (Å²) in [5.74, 6) is -1.74. The number of aromatic nitrogens is 4. The van der Waals surface area contributed by atoms with Gasteiger partial charge in [-0.3, -0.25) is 4.68 Å². The minimum absolute atomic E-state index is 0.00889. The zero-order valence-corrected chi connectivity index (χ0v) is 16.7. The van der Waals surface area contributed by atoms with Gasteiger partial charge in [0.05, 0.1) is 40.3 Å². The molecule has 32 heavy (non-hydrogen) atoms. The number of pyridine rings is 1. The van der Waals surface area contributed by atoms with Crippen molar-refractivity contribution in [3.63, 3.8) is 0 Å². The van der Waals surface area contributed by atoms with Gasteiger partial charge in [0, 0.05) is 32.2 Å². The Hall–Kier alpha value is -3.47. The molecular formula is C21H17F5N4O2. The number of hydrogen-bond acceptors (Lipinski definition) is 4. The first-order chi connectivity index (χ1) is 15.2. The molecule has 0 aliphatic heterocycles. The molecule has 6 nitrogen and oxygen atoms in total. The number of aliphatic hydroxyl groups is 1. The van der Waals surface area contributed by atoms with Crippen LogP contribution in [0.5, 0.6) is 5.75 Å². The molecule has 0 amide bonds. The van der Waals surface area contributed by atoms with Crippen LogP contribution in [0.15, 0.2) is 36.4 Å². The van der Waals surface area contributed by atoms with Crippen molar-refractivity contribution >= 4 is 11.0 Å². The molecule has 0 atom stereocenters. The standard InChI is InChI=1S/C21H17F5N4O2/c1-30-18(10-19(29-30)21(24,25)26)15-4-3-14-16(28-15)9-17(27-14)20-12(22)7-11(8-13(20)23)32-6-2-5-31/h3-4,7-10,27,31H,2,5-6H2,1H3. The van der Waals surface area contributed by atoms with Crippen LogP contribution in [0.1, 0.15) is 12.1 Å². The summed E-state index contributed by atoms with van der Waals surface area (Å²) >= 11 is 0. The van der Waals surface area contributed by atoms with Gasteiger partial charge in [-0.05, 0) is 24.3 Å². The number of H-pyrrole nitrogens is 1. The van der Waals surface area contributed by atoms with Crippen LogP contribution in [0.4, 0.5) is 22.0 Å². The van der Waals surface area contributed by atoms with Gasteiger partial charge in [-0.1, -0.05) is 0 Å². The van der Waals surface area contributed by atoms with Gasteiger partial charge < -0.3 is 14.8 Å². The van der Waals surface area contributed by atoms with E-state index >= 15 is 0 Å². The number of ether oxygens (including phenoxy) is 1. The monoisotopic (exact) mass is 452 g/mol. The Morgan fingerprint density at radius 2 is 1.81 bits per heavy atom. The Bertz CT molecular complexity index is 1260. The maximum absolute atomic E-state index is 14.6. The average Bonchev–Trinajstić information content (AvgIpc) is 3.30.